The van der Waals surface area contributed by atoms with Crippen LogP contribution in [-0.4, -0.2) is 13.4 Å². The molecule has 4 rings (SSSR count). The van der Waals surface area contributed by atoms with Crippen molar-refractivity contribution in [3.63, 3.8) is 0 Å². The number of anilines is 1. The lowest BCUT2D eigenvalue weighted by molar-refractivity contribution is 0.601. The van der Waals surface area contributed by atoms with E-state index < -0.39 is 10.0 Å². The molecule has 0 atom stereocenters. The summed E-state index contributed by atoms with van der Waals surface area (Å²) in [4.78, 5) is 4.60. The number of nitrogens with zero attached hydrogens (tertiary/aromatic N) is 1. The third kappa shape index (κ3) is 3.67. The molecule has 0 amide bonds. The molecule has 0 bridgehead atoms. The zero-order valence-corrected chi connectivity index (χ0v) is 15.9. The number of nitrogens with one attached hydrogen (secondary N) is 1. The summed E-state index contributed by atoms with van der Waals surface area (Å²) in [6, 6.07) is 18.8. The van der Waals surface area contributed by atoms with Crippen molar-refractivity contribution in [1.82, 2.24) is 4.98 Å². The van der Waals surface area contributed by atoms with E-state index in [1.807, 2.05) is 31.2 Å². The molecule has 1 N–H and O–H groups in total. The number of aromatic nitrogens is 1. The Morgan fingerprint density at radius 1 is 1.00 bits per heavy atom. The van der Waals surface area contributed by atoms with Gasteiger partial charge in [0.25, 0.3) is 10.0 Å². The monoisotopic (exact) mass is 398 g/mol. The first-order valence-electron chi connectivity index (χ1n) is 8.17. The maximum absolute atomic E-state index is 12.5. The number of oxazole rings is 1. The van der Waals surface area contributed by atoms with Gasteiger partial charge in [0.2, 0.25) is 5.89 Å². The second-order valence-electron chi connectivity index (χ2n) is 6.13. The molecule has 0 aliphatic carbocycles. The third-order valence-corrected chi connectivity index (χ3v) is 5.68. The molecule has 7 heteroatoms. The maximum atomic E-state index is 12.5. The topological polar surface area (TPSA) is 72.2 Å². The Morgan fingerprint density at radius 2 is 1.78 bits per heavy atom. The highest BCUT2D eigenvalue weighted by Crippen LogP contribution is 2.27. The van der Waals surface area contributed by atoms with Crippen LogP contribution in [-0.2, 0) is 10.0 Å². The minimum atomic E-state index is -3.72. The molecule has 0 aliphatic heterocycles. The fourth-order valence-electron chi connectivity index (χ4n) is 2.72. The van der Waals surface area contributed by atoms with Gasteiger partial charge >= 0.3 is 0 Å². The largest absolute Gasteiger partial charge is 0.436 e. The van der Waals surface area contributed by atoms with Crippen molar-refractivity contribution in [2.24, 2.45) is 0 Å². The average Bonchev–Trinajstić information content (AvgIpc) is 3.05. The van der Waals surface area contributed by atoms with Crippen LogP contribution in [0.25, 0.3) is 22.6 Å². The highest BCUT2D eigenvalue weighted by atomic mass is 35.5. The summed E-state index contributed by atoms with van der Waals surface area (Å²) in [7, 11) is -3.72. The Balaban J connectivity index is 1.66. The molecule has 0 unspecified atom stereocenters. The Morgan fingerprint density at radius 3 is 2.52 bits per heavy atom. The van der Waals surface area contributed by atoms with Crippen LogP contribution in [0, 0.1) is 6.92 Å². The highest BCUT2D eigenvalue weighted by molar-refractivity contribution is 7.92. The number of fused-ring (bicyclic) bond motifs is 1. The maximum Gasteiger partial charge on any atom is 0.261 e. The Kier molecular flexibility index (Phi) is 4.37. The molecule has 1 heterocycles. The molecule has 0 spiro atoms. The van der Waals surface area contributed by atoms with Crippen molar-refractivity contribution in [2.75, 3.05) is 4.72 Å². The molecule has 0 saturated heterocycles. The zero-order valence-electron chi connectivity index (χ0n) is 14.3. The summed E-state index contributed by atoms with van der Waals surface area (Å²) in [5.41, 5.74) is 3.52. The lowest BCUT2D eigenvalue weighted by Crippen LogP contribution is -2.12. The van der Waals surface area contributed by atoms with Crippen molar-refractivity contribution >= 4 is 38.4 Å². The lowest BCUT2D eigenvalue weighted by atomic mass is 10.1. The first-order chi connectivity index (χ1) is 12.9. The van der Waals surface area contributed by atoms with E-state index in [0.717, 1.165) is 11.1 Å². The number of aryl methyl sites for hydroxylation is 1. The smallest absolute Gasteiger partial charge is 0.261 e. The molecule has 3 aromatic carbocycles. The molecule has 0 saturated carbocycles. The summed E-state index contributed by atoms with van der Waals surface area (Å²) in [5, 5.41) is 0.473. The van der Waals surface area contributed by atoms with Crippen LogP contribution in [0.15, 0.2) is 76.0 Å². The summed E-state index contributed by atoms with van der Waals surface area (Å²) in [6.45, 7) is 2.00. The molecule has 1 aromatic heterocycles. The Labute approximate surface area is 161 Å². The van der Waals surface area contributed by atoms with Crippen LogP contribution in [0.3, 0.4) is 0 Å². The van der Waals surface area contributed by atoms with E-state index in [-0.39, 0.29) is 4.90 Å². The standard InChI is InChI=1S/C20H15ClN2O3S/c1-13-3-2-4-14(11-13)20-22-18-10-7-16(12-19(18)26-20)23-27(24,25)17-8-5-15(21)6-9-17/h2-12,23H,1H3. The van der Waals surface area contributed by atoms with E-state index in [1.54, 1.807) is 18.2 Å². The normalized spacial score (nSPS) is 11.6. The predicted molar refractivity (Wildman–Crippen MR) is 106 cm³/mol. The molecule has 0 radical (unpaired) electrons. The van der Waals surface area contributed by atoms with Crippen molar-refractivity contribution in [1.29, 1.82) is 0 Å². The van der Waals surface area contributed by atoms with E-state index in [9.17, 15) is 8.42 Å². The summed E-state index contributed by atoms with van der Waals surface area (Å²) >= 11 is 5.82. The number of hydrogen-bond acceptors (Lipinski definition) is 4. The quantitative estimate of drug-likeness (QED) is 0.509. The molecular weight excluding hydrogens is 384 g/mol. The molecule has 0 aliphatic rings. The number of hydrogen-bond donors (Lipinski definition) is 1. The fourth-order valence-corrected chi connectivity index (χ4v) is 3.89. The van der Waals surface area contributed by atoms with E-state index >= 15 is 0 Å². The average molecular weight is 399 g/mol. The van der Waals surface area contributed by atoms with Crippen molar-refractivity contribution in [3.8, 4) is 11.5 Å². The van der Waals surface area contributed by atoms with Gasteiger partial charge in [0, 0.05) is 16.7 Å². The van der Waals surface area contributed by atoms with Gasteiger partial charge in [-0.05, 0) is 55.5 Å². The van der Waals surface area contributed by atoms with Crippen LogP contribution in [0.5, 0.6) is 0 Å². The summed E-state index contributed by atoms with van der Waals surface area (Å²) in [5.74, 6) is 0.492. The second-order valence-corrected chi connectivity index (χ2v) is 8.25. The molecule has 136 valence electrons. The number of sulfonamides is 1. The van der Waals surface area contributed by atoms with Crippen LogP contribution in [0.1, 0.15) is 5.56 Å². The van der Waals surface area contributed by atoms with Crippen LogP contribution in [0.2, 0.25) is 5.02 Å². The van der Waals surface area contributed by atoms with Crippen molar-refractivity contribution in [3.05, 3.63) is 77.3 Å². The Hall–Kier alpha value is -2.83. The first-order valence-corrected chi connectivity index (χ1v) is 10.0. The highest BCUT2D eigenvalue weighted by Gasteiger charge is 2.15. The van der Waals surface area contributed by atoms with E-state index in [1.165, 1.54) is 24.3 Å². The van der Waals surface area contributed by atoms with E-state index in [2.05, 4.69) is 9.71 Å². The van der Waals surface area contributed by atoms with Crippen molar-refractivity contribution < 1.29 is 12.8 Å². The van der Waals surface area contributed by atoms with Crippen LogP contribution >= 0.6 is 11.6 Å². The van der Waals surface area contributed by atoms with Gasteiger partial charge in [-0.2, -0.15) is 0 Å². The van der Waals surface area contributed by atoms with Gasteiger partial charge in [0.1, 0.15) is 5.52 Å². The van der Waals surface area contributed by atoms with Gasteiger partial charge in [-0.1, -0.05) is 29.3 Å². The first kappa shape index (κ1) is 17.6. The number of halogens is 1. The molecule has 0 fully saturated rings. The van der Waals surface area contributed by atoms with Crippen molar-refractivity contribution in [2.45, 2.75) is 11.8 Å². The molecule has 4 aromatic rings. The van der Waals surface area contributed by atoms with E-state index in [4.69, 9.17) is 16.0 Å². The SMILES string of the molecule is Cc1cccc(-c2nc3ccc(NS(=O)(=O)c4ccc(Cl)cc4)cc3o2)c1. The summed E-state index contributed by atoms with van der Waals surface area (Å²) < 4.78 is 33.4. The number of benzene rings is 3. The second kappa shape index (κ2) is 6.72. The molecule has 27 heavy (non-hydrogen) atoms. The lowest BCUT2D eigenvalue weighted by Gasteiger charge is -2.07. The third-order valence-electron chi connectivity index (χ3n) is 4.03. The van der Waals surface area contributed by atoms with Gasteiger partial charge in [-0.15, -0.1) is 0 Å². The van der Waals surface area contributed by atoms with Crippen LogP contribution < -0.4 is 4.72 Å². The Bertz CT molecular complexity index is 1230. The predicted octanol–water partition coefficient (Wildman–Crippen LogP) is 5.26. The summed E-state index contributed by atoms with van der Waals surface area (Å²) in [6.07, 6.45) is 0. The number of rotatable bonds is 4. The van der Waals surface area contributed by atoms with Gasteiger partial charge in [0.15, 0.2) is 5.58 Å². The van der Waals surface area contributed by atoms with Gasteiger partial charge in [0.05, 0.1) is 10.6 Å². The van der Waals surface area contributed by atoms with E-state index in [0.29, 0.717) is 27.7 Å². The fraction of sp³-hybridized carbons (Fsp3) is 0.0500. The minimum absolute atomic E-state index is 0.130. The van der Waals surface area contributed by atoms with Gasteiger partial charge in [-0.3, -0.25) is 4.72 Å². The molecular formula is C20H15ClN2O3S. The van der Waals surface area contributed by atoms with Crippen LogP contribution in [0.4, 0.5) is 5.69 Å². The molecule has 5 nitrogen and oxygen atoms in total. The van der Waals surface area contributed by atoms with Gasteiger partial charge in [-0.25, -0.2) is 13.4 Å². The minimum Gasteiger partial charge on any atom is -0.436 e. The zero-order chi connectivity index (χ0) is 19.0. The van der Waals surface area contributed by atoms with Gasteiger partial charge < -0.3 is 4.42 Å².